The number of carbonyl (C=O) groups excluding carboxylic acids is 2. The van der Waals surface area contributed by atoms with Gasteiger partial charge in [-0.05, 0) is 48.4 Å². The molecule has 1 amide bonds. The quantitative estimate of drug-likeness (QED) is 0.747. The Balaban J connectivity index is 1.71. The Bertz CT molecular complexity index is 687. The predicted octanol–water partition coefficient (Wildman–Crippen LogP) is 2.37. The van der Waals surface area contributed by atoms with E-state index in [4.69, 9.17) is 0 Å². The lowest BCUT2D eigenvalue weighted by molar-refractivity contribution is -0.129. The van der Waals surface area contributed by atoms with Crippen molar-refractivity contribution in [2.45, 2.75) is 12.8 Å². The molecule has 0 saturated heterocycles. The van der Waals surface area contributed by atoms with Crippen LogP contribution in [-0.4, -0.2) is 49.0 Å². The second-order valence-electron chi connectivity index (χ2n) is 5.67. The van der Waals surface area contributed by atoms with E-state index in [1.165, 1.54) is 12.7 Å². The molecule has 6 heteroatoms. The minimum Gasteiger partial charge on any atom is -0.465 e. The highest BCUT2D eigenvalue weighted by Gasteiger charge is 2.09. The van der Waals surface area contributed by atoms with Crippen LogP contribution in [0, 0.1) is 0 Å². The second-order valence-corrected chi connectivity index (χ2v) is 5.67. The van der Waals surface area contributed by atoms with Gasteiger partial charge >= 0.3 is 5.97 Å². The molecule has 2 aromatic rings. The molecule has 1 aromatic heterocycles. The Kier molecular flexibility index (Phi) is 6.95. The molecule has 0 spiro atoms. The largest absolute Gasteiger partial charge is 0.465 e. The molecule has 0 aliphatic rings. The summed E-state index contributed by atoms with van der Waals surface area (Å²) in [5.41, 5.74) is 2.53. The fourth-order valence-electron chi connectivity index (χ4n) is 2.32. The molecule has 0 fully saturated rings. The Hall–Kier alpha value is -2.89. The van der Waals surface area contributed by atoms with Crippen LogP contribution >= 0.6 is 0 Å². The van der Waals surface area contributed by atoms with Gasteiger partial charge in [0.25, 0.3) is 0 Å². The lowest BCUT2D eigenvalue weighted by Crippen LogP contribution is -2.30. The minimum absolute atomic E-state index is 0.0905. The molecule has 0 saturated carbocycles. The Labute approximate surface area is 147 Å². The van der Waals surface area contributed by atoms with E-state index in [-0.39, 0.29) is 11.9 Å². The van der Waals surface area contributed by atoms with Crippen molar-refractivity contribution in [2.75, 3.05) is 32.6 Å². The molecule has 0 radical (unpaired) electrons. The van der Waals surface area contributed by atoms with Gasteiger partial charge in [-0.3, -0.25) is 9.78 Å². The number of rotatable bonds is 8. The van der Waals surface area contributed by atoms with Crippen molar-refractivity contribution in [2.24, 2.45) is 0 Å². The Morgan fingerprint density at radius 2 is 1.80 bits per heavy atom. The highest BCUT2D eigenvalue weighted by atomic mass is 16.5. The molecule has 1 aromatic carbocycles. The zero-order valence-corrected chi connectivity index (χ0v) is 14.6. The van der Waals surface area contributed by atoms with Gasteiger partial charge in [0.05, 0.1) is 12.7 Å². The highest BCUT2D eigenvalue weighted by Crippen LogP contribution is 2.10. The van der Waals surface area contributed by atoms with Crippen molar-refractivity contribution in [1.29, 1.82) is 0 Å². The summed E-state index contributed by atoms with van der Waals surface area (Å²) in [4.78, 5) is 29.2. The summed E-state index contributed by atoms with van der Waals surface area (Å²) in [6.45, 7) is 1.21. The van der Waals surface area contributed by atoms with Gasteiger partial charge in [0.1, 0.15) is 0 Å². The number of anilines is 1. The maximum absolute atomic E-state index is 12.1. The molecule has 0 unspecified atom stereocenters. The summed E-state index contributed by atoms with van der Waals surface area (Å²) in [6, 6.07) is 10.9. The Morgan fingerprint density at radius 3 is 2.44 bits per heavy atom. The lowest BCUT2D eigenvalue weighted by atomic mass is 10.2. The van der Waals surface area contributed by atoms with Gasteiger partial charge < -0.3 is 15.0 Å². The zero-order valence-electron chi connectivity index (χ0n) is 14.6. The van der Waals surface area contributed by atoms with E-state index in [9.17, 15) is 9.59 Å². The molecule has 0 atom stereocenters. The third kappa shape index (κ3) is 5.91. The van der Waals surface area contributed by atoms with Crippen LogP contribution in [0.25, 0.3) is 0 Å². The molecule has 2 rings (SSSR count). The van der Waals surface area contributed by atoms with Gasteiger partial charge in [-0.1, -0.05) is 0 Å². The van der Waals surface area contributed by atoms with Crippen LogP contribution in [0.4, 0.5) is 5.69 Å². The van der Waals surface area contributed by atoms with Gasteiger partial charge in [0, 0.05) is 44.6 Å². The number of nitrogens with zero attached hydrogens (tertiary/aromatic N) is 2. The number of esters is 1. The van der Waals surface area contributed by atoms with Crippen molar-refractivity contribution in [1.82, 2.24) is 9.88 Å². The summed E-state index contributed by atoms with van der Waals surface area (Å²) in [5.74, 6) is -0.273. The number of carbonyl (C=O) groups is 2. The molecule has 25 heavy (non-hydrogen) atoms. The summed E-state index contributed by atoms with van der Waals surface area (Å²) in [7, 11) is 3.17. The maximum Gasteiger partial charge on any atom is 0.337 e. The monoisotopic (exact) mass is 341 g/mol. The SMILES string of the molecule is COC(=O)c1ccc(NCCC(=O)N(C)CCc2ccncc2)cc1. The summed E-state index contributed by atoms with van der Waals surface area (Å²) in [5, 5.41) is 3.18. The van der Waals surface area contributed by atoms with Gasteiger partial charge in [-0.25, -0.2) is 4.79 Å². The molecule has 0 aliphatic carbocycles. The van der Waals surface area contributed by atoms with Crippen LogP contribution in [0.1, 0.15) is 22.3 Å². The standard InChI is InChI=1S/C19H23N3O3/c1-22(14-10-15-7-11-20-12-8-15)18(23)9-13-21-17-5-3-16(4-6-17)19(24)25-2/h3-8,11-12,21H,9-10,13-14H2,1-2H3. The fraction of sp³-hybridized carbons (Fsp3) is 0.316. The maximum atomic E-state index is 12.1. The van der Waals surface area contributed by atoms with Crippen LogP contribution < -0.4 is 5.32 Å². The van der Waals surface area contributed by atoms with Crippen LogP contribution in [0.15, 0.2) is 48.8 Å². The van der Waals surface area contributed by atoms with E-state index in [1.807, 2.05) is 19.2 Å². The van der Waals surface area contributed by atoms with Gasteiger partial charge in [-0.2, -0.15) is 0 Å². The van der Waals surface area contributed by atoms with Crippen molar-refractivity contribution in [3.05, 3.63) is 59.9 Å². The van der Waals surface area contributed by atoms with E-state index in [1.54, 1.807) is 41.6 Å². The smallest absolute Gasteiger partial charge is 0.337 e. The average molecular weight is 341 g/mol. The number of methoxy groups -OCH3 is 1. The van der Waals surface area contributed by atoms with E-state index in [0.717, 1.165) is 12.1 Å². The number of aromatic nitrogens is 1. The molecule has 6 nitrogen and oxygen atoms in total. The molecular weight excluding hydrogens is 318 g/mol. The van der Waals surface area contributed by atoms with Crippen LogP contribution in [0.2, 0.25) is 0 Å². The summed E-state index contributed by atoms with van der Waals surface area (Å²) >= 11 is 0. The number of nitrogens with one attached hydrogen (secondary N) is 1. The number of likely N-dealkylation sites (N-methyl/N-ethyl adjacent to an activating group) is 1. The number of hydrogen-bond donors (Lipinski definition) is 1. The van der Waals surface area contributed by atoms with Crippen molar-refractivity contribution in [3.63, 3.8) is 0 Å². The van der Waals surface area contributed by atoms with Gasteiger partial charge in [0.2, 0.25) is 5.91 Å². The lowest BCUT2D eigenvalue weighted by Gasteiger charge is -2.17. The van der Waals surface area contributed by atoms with Crippen LogP contribution in [0.5, 0.6) is 0 Å². The molecule has 132 valence electrons. The Morgan fingerprint density at radius 1 is 1.12 bits per heavy atom. The molecule has 0 aliphatic heterocycles. The summed E-state index contributed by atoms with van der Waals surface area (Å²) in [6.07, 6.45) is 4.73. The van der Waals surface area contributed by atoms with Crippen LogP contribution in [-0.2, 0) is 16.0 Å². The number of ether oxygens (including phenoxy) is 1. The van der Waals surface area contributed by atoms with Crippen LogP contribution in [0.3, 0.4) is 0 Å². The highest BCUT2D eigenvalue weighted by molar-refractivity contribution is 5.89. The van der Waals surface area contributed by atoms with Crippen molar-refractivity contribution in [3.8, 4) is 0 Å². The van der Waals surface area contributed by atoms with Crippen molar-refractivity contribution >= 4 is 17.6 Å². The minimum atomic E-state index is -0.363. The molecule has 1 N–H and O–H groups in total. The topological polar surface area (TPSA) is 71.5 Å². The summed E-state index contributed by atoms with van der Waals surface area (Å²) < 4.78 is 4.66. The first kappa shape index (κ1) is 18.4. The molecule has 0 bridgehead atoms. The van der Waals surface area contributed by atoms with Crippen molar-refractivity contribution < 1.29 is 14.3 Å². The molecular formula is C19H23N3O3. The predicted molar refractivity (Wildman–Crippen MR) is 96.5 cm³/mol. The first-order chi connectivity index (χ1) is 12.1. The number of amides is 1. The number of hydrogen-bond acceptors (Lipinski definition) is 5. The normalized spacial score (nSPS) is 10.2. The number of benzene rings is 1. The fourth-order valence-corrected chi connectivity index (χ4v) is 2.32. The number of pyridine rings is 1. The van der Waals surface area contributed by atoms with Gasteiger partial charge in [-0.15, -0.1) is 0 Å². The third-order valence-electron chi connectivity index (χ3n) is 3.88. The average Bonchev–Trinajstić information content (AvgIpc) is 2.66. The molecule has 1 heterocycles. The van der Waals surface area contributed by atoms with E-state index in [0.29, 0.717) is 25.1 Å². The van der Waals surface area contributed by atoms with E-state index < -0.39 is 0 Å². The van der Waals surface area contributed by atoms with E-state index in [2.05, 4.69) is 15.0 Å². The first-order valence-electron chi connectivity index (χ1n) is 8.15. The zero-order chi connectivity index (χ0) is 18.1. The first-order valence-corrected chi connectivity index (χ1v) is 8.15. The second kappa shape index (κ2) is 9.42. The van der Waals surface area contributed by atoms with E-state index >= 15 is 0 Å². The third-order valence-corrected chi connectivity index (χ3v) is 3.88. The van der Waals surface area contributed by atoms with Gasteiger partial charge in [0.15, 0.2) is 0 Å².